The molecule has 0 amide bonds. The van der Waals surface area contributed by atoms with Crippen molar-refractivity contribution >= 4 is 32.3 Å². The lowest BCUT2D eigenvalue weighted by atomic mass is 9.85. The predicted octanol–water partition coefficient (Wildman–Crippen LogP) is 10.2. The molecule has 7 rings (SSSR count). The van der Waals surface area contributed by atoms with Gasteiger partial charge < -0.3 is 9.47 Å². The summed E-state index contributed by atoms with van der Waals surface area (Å²) in [5, 5.41) is 7.34. The number of hydrogen-bond donors (Lipinski definition) is 0. The van der Waals surface area contributed by atoms with Crippen LogP contribution in [0.5, 0.6) is 11.5 Å². The molecule has 0 aliphatic heterocycles. The van der Waals surface area contributed by atoms with Crippen LogP contribution >= 0.6 is 0 Å². The minimum atomic E-state index is 0.816. The fourth-order valence-corrected chi connectivity index (χ4v) is 6.09. The van der Waals surface area contributed by atoms with Crippen LogP contribution in [0, 0.1) is 0 Å². The molecule has 192 valence electrons. The largest absolute Gasteiger partial charge is 0.497 e. The summed E-state index contributed by atoms with van der Waals surface area (Å²) < 4.78 is 11.9. The molecule has 0 heterocycles. The van der Waals surface area contributed by atoms with Crippen LogP contribution in [0.4, 0.5) is 0 Å². The molecule has 40 heavy (non-hydrogen) atoms. The third-order valence-corrected chi connectivity index (χ3v) is 7.89. The maximum atomic E-state index is 6.10. The molecular formula is C38H28O2. The molecule has 0 aromatic heterocycles. The first-order valence-electron chi connectivity index (χ1n) is 13.5. The molecule has 0 spiro atoms. The third kappa shape index (κ3) is 3.80. The molecule has 0 saturated carbocycles. The van der Waals surface area contributed by atoms with E-state index < -0.39 is 0 Å². The Labute approximate surface area is 234 Å². The summed E-state index contributed by atoms with van der Waals surface area (Å²) in [4.78, 5) is 0. The Kier molecular flexibility index (Phi) is 5.94. The van der Waals surface area contributed by atoms with E-state index in [1.807, 2.05) is 6.07 Å². The van der Waals surface area contributed by atoms with Gasteiger partial charge in [0.15, 0.2) is 0 Å². The number of ether oxygens (including phenoxy) is 2. The maximum Gasteiger partial charge on any atom is 0.127 e. The van der Waals surface area contributed by atoms with Crippen molar-refractivity contribution in [2.45, 2.75) is 0 Å². The number of rotatable bonds is 5. The van der Waals surface area contributed by atoms with Gasteiger partial charge in [-0.1, -0.05) is 109 Å². The standard InChI is InChI=1S/C38H28O2/c1-39-26-20-21-34(35(24-26)28-15-7-6-14-27(28)25-12-4-3-5-13-25)38-36(40-2)23-22-33-31-18-9-8-16-29(31)30-17-10-11-19-32(30)37(33)38/h3-24H,1-2H3. The average Bonchev–Trinajstić information content (AvgIpc) is 3.04. The highest BCUT2D eigenvalue weighted by molar-refractivity contribution is 6.29. The highest BCUT2D eigenvalue weighted by Gasteiger charge is 2.21. The smallest absolute Gasteiger partial charge is 0.127 e. The van der Waals surface area contributed by atoms with E-state index in [0.29, 0.717) is 0 Å². The van der Waals surface area contributed by atoms with Crippen LogP contribution in [0.15, 0.2) is 133 Å². The number of hydrogen-bond acceptors (Lipinski definition) is 2. The van der Waals surface area contributed by atoms with Crippen LogP contribution in [-0.4, -0.2) is 14.2 Å². The summed E-state index contributed by atoms with van der Waals surface area (Å²) in [6.07, 6.45) is 0. The van der Waals surface area contributed by atoms with Crippen molar-refractivity contribution in [3.05, 3.63) is 133 Å². The highest BCUT2D eigenvalue weighted by atomic mass is 16.5. The lowest BCUT2D eigenvalue weighted by Crippen LogP contribution is -1.96. The molecule has 2 heteroatoms. The average molecular weight is 517 g/mol. The normalized spacial score (nSPS) is 11.2. The van der Waals surface area contributed by atoms with Gasteiger partial charge in [0.25, 0.3) is 0 Å². The van der Waals surface area contributed by atoms with Crippen molar-refractivity contribution in [1.82, 2.24) is 0 Å². The van der Waals surface area contributed by atoms with Gasteiger partial charge in [0.05, 0.1) is 14.2 Å². The predicted molar refractivity (Wildman–Crippen MR) is 168 cm³/mol. The van der Waals surface area contributed by atoms with Crippen molar-refractivity contribution in [3.63, 3.8) is 0 Å². The van der Waals surface area contributed by atoms with Crippen molar-refractivity contribution in [2.75, 3.05) is 14.2 Å². The fraction of sp³-hybridized carbons (Fsp3) is 0.0526. The molecule has 0 fully saturated rings. The van der Waals surface area contributed by atoms with E-state index in [2.05, 4.69) is 127 Å². The van der Waals surface area contributed by atoms with E-state index >= 15 is 0 Å². The Morgan fingerprint density at radius 1 is 0.400 bits per heavy atom. The minimum Gasteiger partial charge on any atom is -0.497 e. The lowest BCUT2D eigenvalue weighted by Gasteiger charge is -2.21. The van der Waals surface area contributed by atoms with E-state index in [9.17, 15) is 0 Å². The van der Waals surface area contributed by atoms with E-state index in [0.717, 1.165) is 33.8 Å². The second-order valence-electron chi connectivity index (χ2n) is 9.98. The third-order valence-electron chi connectivity index (χ3n) is 7.89. The summed E-state index contributed by atoms with van der Waals surface area (Å²) in [6.45, 7) is 0. The molecule has 0 aliphatic rings. The molecule has 0 radical (unpaired) electrons. The van der Waals surface area contributed by atoms with Gasteiger partial charge in [0, 0.05) is 10.9 Å². The Bertz CT molecular complexity index is 1990. The van der Waals surface area contributed by atoms with Crippen molar-refractivity contribution in [1.29, 1.82) is 0 Å². The van der Waals surface area contributed by atoms with E-state index in [4.69, 9.17) is 9.47 Å². The van der Waals surface area contributed by atoms with E-state index in [1.54, 1.807) is 14.2 Å². The summed E-state index contributed by atoms with van der Waals surface area (Å²) in [6, 6.07) is 47.2. The molecule has 0 unspecified atom stereocenters. The zero-order valence-corrected chi connectivity index (χ0v) is 22.5. The van der Waals surface area contributed by atoms with Gasteiger partial charge in [-0.05, 0) is 79.0 Å². The summed E-state index contributed by atoms with van der Waals surface area (Å²) >= 11 is 0. The molecular weight excluding hydrogens is 488 g/mol. The van der Waals surface area contributed by atoms with Gasteiger partial charge in [0.1, 0.15) is 11.5 Å². The van der Waals surface area contributed by atoms with Crippen LogP contribution in [0.2, 0.25) is 0 Å². The monoisotopic (exact) mass is 516 g/mol. The van der Waals surface area contributed by atoms with Crippen LogP contribution in [0.1, 0.15) is 0 Å². The maximum absolute atomic E-state index is 6.10. The molecule has 0 N–H and O–H groups in total. The first kappa shape index (κ1) is 24.0. The SMILES string of the molecule is COc1ccc(-c2c(OC)ccc3c4ccccc4c4ccccc4c23)c(-c2ccccc2-c2ccccc2)c1. The van der Waals surface area contributed by atoms with Crippen molar-refractivity contribution in [2.24, 2.45) is 0 Å². The van der Waals surface area contributed by atoms with Gasteiger partial charge in [-0.15, -0.1) is 0 Å². The number of benzene rings is 7. The quantitative estimate of drug-likeness (QED) is 0.212. The van der Waals surface area contributed by atoms with E-state index in [-0.39, 0.29) is 0 Å². The van der Waals surface area contributed by atoms with Crippen LogP contribution in [0.3, 0.4) is 0 Å². The van der Waals surface area contributed by atoms with E-state index in [1.165, 1.54) is 43.4 Å². The Hall–Kier alpha value is -5.08. The highest BCUT2D eigenvalue weighted by Crippen LogP contribution is 2.48. The Morgan fingerprint density at radius 2 is 0.975 bits per heavy atom. The number of methoxy groups -OCH3 is 2. The summed E-state index contributed by atoms with van der Waals surface area (Å²) in [5.41, 5.74) is 6.78. The second-order valence-corrected chi connectivity index (χ2v) is 9.98. The van der Waals surface area contributed by atoms with Crippen LogP contribution in [-0.2, 0) is 0 Å². The molecule has 7 aromatic rings. The molecule has 0 saturated heterocycles. The molecule has 0 bridgehead atoms. The zero-order valence-electron chi connectivity index (χ0n) is 22.5. The fourth-order valence-electron chi connectivity index (χ4n) is 6.09. The van der Waals surface area contributed by atoms with Gasteiger partial charge in [0.2, 0.25) is 0 Å². The second kappa shape index (κ2) is 9.91. The number of fused-ring (bicyclic) bond motifs is 6. The van der Waals surface area contributed by atoms with Gasteiger partial charge in [-0.2, -0.15) is 0 Å². The lowest BCUT2D eigenvalue weighted by molar-refractivity contribution is 0.414. The first-order valence-corrected chi connectivity index (χ1v) is 13.5. The Balaban J connectivity index is 1.65. The zero-order chi connectivity index (χ0) is 27.1. The van der Waals surface area contributed by atoms with Crippen LogP contribution < -0.4 is 9.47 Å². The topological polar surface area (TPSA) is 18.5 Å². The molecule has 7 aromatic carbocycles. The van der Waals surface area contributed by atoms with Gasteiger partial charge >= 0.3 is 0 Å². The summed E-state index contributed by atoms with van der Waals surface area (Å²) in [5.74, 6) is 1.66. The minimum absolute atomic E-state index is 0.816. The first-order chi connectivity index (χ1) is 19.8. The van der Waals surface area contributed by atoms with Crippen LogP contribution in [0.25, 0.3) is 65.7 Å². The van der Waals surface area contributed by atoms with Crippen molar-refractivity contribution < 1.29 is 9.47 Å². The molecule has 0 atom stereocenters. The van der Waals surface area contributed by atoms with Gasteiger partial charge in [-0.3, -0.25) is 0 Å². The molecule has 0 aliphatic carbocycles. The van der Waals surface area contributed by atoms with Gasteiger partial charge in [-0.25, -0.2) is 0 Å². The van der Waals surface area contributed by atoms with Crippen molar-refractivity contribution in [3.8, 4) is 44.9 Å². The summed E-state index contributed by atoms with van der Waals surface area (Å²) in [7, 11) is 3.48. The Morgan fingerprint density at radius 3 is 1.65 bits per heavy atom. The molecule has 2 nitrogen and oxygen atoms in total.